The number of carbonyl (C=O) groups is 2. The predicted octanol–water partition coefficient (Wildman–Crippen LogP) is 4.48. The van der Waals surface area contributed by atoms with Crippen LogP contribution in [0.3, 0.4) is 0 Å². The van der Waals surface area contributed by atoms with E-state index in [1.165, 1.54) is 11.1 Å². The highest BCUT2D eigenvalue weighted by Crippen LogP contribution is 2.28. The molecule has 4 rings (SSSR count). The van der Waals surface area contributed by atoms with E-state index in [4.69, 9.17) is 0 Å². The zero-order chi connectivity index (χ0) is 21.5. The van der Waals surface area contributed by atoms with Gasteiger partial charge in [-0.3, -0.25) is 9.59 Å². The van der Waals surface area contributed by atoms with Crippen molar-refractivity contribution in [2.24, 2.45) is 5.92 Å². The van der Waals surface area contributed by atoms with E-state index < -0.39 is 0 Å². The summed E-state index contributed by atoms with van der Waals surface area (Å²) >= 11 is 0. The van der Waals surface area contributed by atoms with Crippen LogP contribution >= 0.6 is 0 Å². The molecule has 0 bridgehead atoms. The van der Waals surface area contributed by atoms with Gasteiger partial charge in [-0.05, 0) is 67.8 Å². The Morgan fingerprint density at radius 1 is 1.06 bits per heavy atom. The van der Waals surface area contributed by atoms with E-state index >= 15 is 0 Å². The topological polar surface area (TPSA) is 49.4 Å². The number of anilines is 1. The molecule has 0 aliphatic carbocycles. The third-order valence-corrected chi connectivity index (χ3v) is 6.47. The molecule has 4 nitrogen and oxygen atoms in total. The summed E-state index contributed by atoms with van der Waals surface area (Å²) in [5, 5.41) is 3.37. The Morgan fingerprint density at radius 2 is 1.87 bits per heavy atom. The minimum absolute atomic E-state index is 0.0119. The quantitative estimate of drug-likeness (QED) is 0.646. The van der Waals surface area contributed by atoms with Crippen LogP contribution in [0.4, 0.5) is 5.69 Å². The molecule has 0 unspecified atom stereocenters. The number of Topliss-reactive ketones (excluding diaryl/α,β-unsaturated/α-hetero) is 1. The van der Waals surface area contributed by atoms with Crippen molar-refractivity contribution < 1.29 is 9.59 Å². The van der Waals surface area contributed by atoms with Crippen molar-refractivity contribution >= 4 is 17.4 Å². The highest BCUT2D eigenvalue weighted by molar-refractivity contribution is 6.02. The first-order chi connectivity index (χ1) is 15.2. The maximum absolute atomic E-state index is 12.9. The number of rotatable bonds is 8. The summed E-state index contributed by atoms with van der Waals surface area (Å²) in [6.07, 6.45) is 10.0. The first kappa shape index (κ1) is 21.5. The van der Waals surface area contributed by atoms with Crippen LogP contribution in [0.2, 0.25) is 0 Å². The van der Waals surface area contributed by atoms with E-state index in [0.717, 1.165) is 57.3 Å². The third-order valence-electron chi connectivity index (χ3n) is 6.47. The van der Waals surface area contributed by atoms with Gasteiger partial charge in [-0.2, -0.15) is 0 Å². The van der Waals surface area contributed by atoms with Crippen LogP contribution in [0.25, 0.3) is 0 Å². The van der Waals surface area contributed by atoms with Gasteiger partial charge in [0.05, 0.1) is 6.04 Å². The normalized spacial score (nSPS) is 19.4. The van der Waals surface area contributed by atoms with E-state index in [0.29, 0.717) is 6.42 Å². The zero-order valence-electron chi connectivity index (χ0n) is 18.1. The van der Waals surface area contributed by atoms with Crippen molar-refractivity contribution in [2.45, 2.75) is 51.0 Å². The molecule has 2 atom stereocenters. The van der Waals surface area contributed by atoms with Crippen LogP contribution in [0.5, 0.6) is 0 Å². The van der Waals surface area contributed by atoms with Crippen LogP contribution in [0.1, 0.15) is 43.2 Å². The first-order valence-corrected chi connectivity index (χ1v) is 11.6. The number of piperidine rings is 1. The van der Waals surface area contributed by atoms with Gasteiger partial charge >= 0.3 is 0 Å². The van der Waals surface area contributed by atoms with Crippen LogP contribution in [0, 0.1) is 5.92 Å². The van der Waals surface area contributed by atoms with Crippen molar-refractivity contribution in [3.8, 4) is 0 Å². The Hall–Kier alpha value is -2.72. The van der Waals surface area contributed by atoms with Crippen LogP contribution in [0.15, 0.2) is 66.7 Å². The number of carbonyl (C=O) groups excluding carboxylic acids is 2. The molecular formula is C27H32N2O2. The summed E-state index contributed by atoms with van der Waals surface area (Å²) in [5.41, 5.74) is 3.51. The Balaban J connectivity index is 1.42. The molecule has 0 radical (unpaired) electrons. The standard InChI is InChI=1S/C27H32N2O2/c30-26(24-11-6-7-18-28-24)20-22(14-13-21-8-2-1-3-9-21)15-16-27(31)29-19-17-23-10-4-5-12-25(23)29/h1-5,8-10,12,15-16,22,24,28H,6-7,11,13-14,17-20H2/b16-15+/t22-,24-/m0/s1. The average molecular weight is 417 g/mol. The zero-order valence-corrected chi connectivity index (χ0v) is 18.1. The summed E-state index contributed by atoms with van der Waals surface area (Å²) in [7, 11) is 0. The molecule has 2 aliphatic heterocycles. The summed E-state index contributed by atoms with van der Waals surface area (Å²) in [6.45, 7) is 1.65. The summed E-state index contributed by atoms with van der Waals surface area (Å²) in [5.74, 6) is 0.359. The number of aryl methyl sites for hydroxylation is 1. The smallest absolute Gasteiger partial charge is 0.250 e. The lowest BCUT2D eigenvalue weighted by molar-refractivity contribution is -0.122. The van der Waals surface area contributed by atoms with Crippen molar-refractivity contribution in [1.29, 1.82) is 0 Å². The summed E-state index contributed by atoms with van der Waals surface area (Å²) < 4.78 is 0. The molecule has 1 N–H and O–H groups in total. The maximum Gasteiger partial charge on any atom is 0.250 e. The fourth-order valence-corrected chi connectivity index (χ4v) is 4.67. The van der Waals surface area contributed by atoms with Gasteiger partial charge in [-0.1, -0.05) is 61.0 Å². The number of fused-ring (bicyclic) bond motifs is 1. The minimum atomic E-state index is -0.0254. The second-order valence-corrected chi connectivity index (χ2v) is 8.68. The van der Waals surface area contributed by atoms with E-state index in [1.54, 1.807) is 6.08 Å². The van der Waals surface area contributed by atoms with Crippen LogP contribution in [-0.2, 0) is 22.4 Å². The molecular weight excluding hydrogens is 384 g/mol. The Kier molecular flexibility index (Phi) is 7.31. The number of benzene rings is 2. The number of nitrogens with zero attached hydrogens (tertiary/aromatic N) is 1. The van der Waals surface area contributed by atoms with Crippen molar-refractivity contribution in [1.82, 2.24) is 5.32 Å². The largest absolute Gasteiger partial charge is 0.308 e. The SMILES string of the molecule is O=C(C[C@H](/C=C/C(=O)N1CCc2ccccc21)CCc1ccccc1)[C@@H]1CCCCN1. The van der Waals surface area contributed by atoms with Gasteiger partial charge < -0.3 is 10.2 Å². The lowest BCUT2D eigenvalue weighted by Gasteiger charge is -2.24. The molecule has 0 aromatic heterocycles. The van der Waals surface area contributed by atoms with Crippen LogP contribution < -0.4 is 10.2 Å². The van der Waals surface area contributed by atoms with Gasteiger partial charge in [-0.15, -0.1) is 0 Å². The Morgan fingerprint density at radius 3 is 2.68 bits per heavy atom. The summed E-state index contributed by atoms with van der Waals surface area (Å²) in [6, 6.07) is 18.4. The van der Waals surface area contributed by atoms with Gasteiger partial charge in [0.15, 0.2) is 0 Å². The second-order valence-electron chi connectivity index (χ2n) is 8.68. The number of para-hydroxylation sites is 1. The first-order valence-electron chi connectivity index (χ1n) is 11.6. The predicted molar refractivity (Wildman–Crippen MR) is 125 cm³/mol. The average Bonchev–Trinajstić information content (AvgIpc) is 3.26. The minimum Gasteiger partial charge on any atom is -0.308 e. The van der Waals surface area contributed by atoms with E-state index in [9.17, 15) is 9.59 Å². The van der Waals surface area contributed by atoms with Gasteiger partial charge in [0, 0.05) is 18.7 Å². The molecule has 31 heavy (non-hydrogen) atoms. The van der Waals surface area contributed by atoms with Crippen molar-refractivity contribution in [3.05, 3.63) is 77.9 Å². The highest BCUT2D eigenvalue weighted by atomic mass is 16.2. The van der Waals surface area contributed by atoms with Crippen LogP contribution in [-0.4, -0.2) is 30.8 Å². The molecule has 162 valence electrons. The van der Waals surface area contributed by atoms with E-state index in [-0.39, 0.29) is 23.7 Å². The molecule has 2 aliphatic rings. The molecule has 1 saturated heterocycles. The van der Waals surface area contributed by atoms with Gasteiger partial charge in [0.1, 0.15) is 5.78 Å². The number of nitrogens with one attached hydrogen (secondary N) is 1. The third kappa shape index (κ3) is 5.71. The number of amides is 1. The molecule has 2 aromatic rings. The maximum atomic E-state index is 12.9. The molecule has 2 heterocycles. The lowest BCUT2D eigenvalue weighted by Crippen LogP contribution is -2.41. The fraction of sp³-hybridized carbons (Fsp3) is 0.407. The lowest BCUT2D eigenvalue weighted by atomic mass is 9.90. The Bertz CT molecular complexity index is 916. The molecule has 1 amide bonds. The van der Waals surface area contributed by atoms with E-state index in [2.05, 4.69) is 23.5 Å². The van der Waals surface area contributed by atoms with Crippen molar-refractivity contribution in [2.75, 3.05) is 18.0 Å². The number of hydrogen-bond donors (Lipinski definition) is 1. The number of allylic oxidation sites excluding steroid dienone is 1. The fourth-order valence-electron chi connectivity index (χ4n) is 4.67. The highest BCUT2D eigenvalue weighted by Gasteiger charge is 2.25. The van der Waals surface area contributed by atoms with Gasteiger partial charge in [0.2, 0.25) is 0 Å². The molecule has 0 saturated carbocycles. The van der Waals surface area contributed by atoms with Gasteiger partial charge in [-0.25, -0.2) is 0 Å². The molecule has 0 spiro atoms. The van der Waals surface area contributed by atoms with Gasteiger partial charge in [0.25, 0.3) is 5.91 Å². The Labute approximate surface area is 185 Å². The number of hydrogen-bond acceptors (Lipinski definition) is 3. The van der Waals surface area contributed by atoms with E-state index in [1.807, 2.05) is 47.4 Å². The molecule has 4 heteroatoms. The second kappa shape index (κ2) is 10.5. The molecule has 1 fully saturated rings. The molecule has 2 aromatic carbocycles. The number of ketones is 1. The monoisotopic (exact) mass is 416 g/mol. The summed E-state index contributed by atoms with van der Waals surface area (Å²) in [4.78, 5) is 27.7. The van der Waals surface area contributed by atoms with Crippen molar-refractivity contribution in [3.63, 3.8) is 0 Å².